The lowest BCUT2D eigenvalue weighted by Crippen LogP contribution is -2.63. The number of H-pyrrole nitrogens is 1. The van der Waals surface area contributed by atoms with E-state index in [-0.39, 0.29) is 23.2 Å². The Morgan fingerprint density at radius 1 is 1.15 bits per heavy atom. The molecule has 0 saturated carbocycles. The molecule has 1 aliphatic rings. The number of nitrogens with zero attached hydrogens (tertiary/aromatic N) is 1. The predicted octanol–water partition coefficient (Wildman–Crippen LogP) is 1.93. The first-order chi connectivity index (χ1) is 16.5. The summed E-state index contributed by atoms with van der Waals surface area (Å²) in [6.07, 6.45) is 3.22. The fraction of sp³-hybridized carbons (Fsp3) is 0.375. The summed E-state index contributed by atoms with van der Waals surface area (Å²) in [5.74, 6) is -0.574. The standard InChI is InChI=1S/C24H28FN5O4/c1-33-20-6-4-17(22(29-20)34-2)21(31)30-24(8-11-26-12-9-24)23(32)27-10-7-15-14-28-19-5-3-16(25)13-18(15)19/h3-6,13-14,26,28H,7-12H2,1-2H3,(H,27,32)(H,30,31). The van der Waals surface area contributed by atoms with Gasteiger partial charge < -0.3 is 30.4 Å². The molecule has 2 amide bonds. The number of aromatic nitrogens is 2. The molecule has 1 aromatic carbocycles. The van der Waals surface area contributed by atoms with Gasteiger partial charge in [0, 0.05) is 29.7 Å². The Kier molecular flexibility index (Phi) is 6.97. The van der Waals surface area contributed by atoms with Crippen molar-refractivity contribution >= 4 is 22.7 Å². The third-order valence-electron chi connectivity index (χ3n) is 6.14. The Bertz CT molecular complexity index is 1190. The molecule has 1 saturated heterocycles. The van der Waals surface area contributed by atoms with Crippen LogP contribution in [0.5, 0.6) is 11.8 Å². The summed E-state index contributed by atoms with van der Waals surface area (Å²) in [7, 11) is 2.89. The van der Waals surface area contributed by atoms with E-state index < -0.39 is 11.4 Å². The van der Waals surface area contributed by atoms with E-state index >= 15 is 0 Å². The van der Waals surface area contributed by atoms with Gasteiger partial charge in [-0.15, -0.1) is 0 Å². The molecule has 0 radical (unpaired) electrons. The number of benzene rings is 1. The van der Waals surface area contributed by atoms with Crippen molar-refractivity contribution in [3.8, 4) is 11.8 Å². The van der Waals surface area contributed by atoms with Crippen LogP contribution in [0.2, 0.25) is 0 Å². The minimum Gasteiger partial charge on any atom is -0.481 e. The number of hydrogen-bond donors (Lipinski definition) is 4. The number of fused-ring (bicyclic) bond motifs is 1. The number of halogens is 1. The number of aromatic amines is 1. The minimum atomic E-state index is -1.07. The molecule has 3 heterocycles. The van der Waals surface area contributed by atoms with Gasteiger partial charge in [-0.05, 0) is 62.2 Å². The van der Waals surface area contributed by atoms with Crippen molar-refractivity contribution in [2.75, 3.05) is 33.9 Å². The number of piperidine rings is 1. The van der Waals surface area contributed by atoms with Crippen LogP contribution in [0.4, 0.5) is 4.39 Å². The average molecular weight is 470 g/mol. The minimum absolute atomic E-state index is 0.118. The van der Waals surface area contributed by atoms with Gasteiger partial charge in [-0.25, -0.2) is 4.39 Å². The highest BCUT2D eigenvalue weighted by Gasteiger charge is 2.41. The maximum Gasteiger partial charge on any atom is 0.257 e. The van der Waals surface area contributed by atoms with Gasteiger partial charge in [-0.1, -0.05) is 0 Å². The van der Waals surface area contributed by atoms with Gasteiger partial charge in [0.25, 0.3) is 5.91 Å². The molecule has 0 aliphatic carbocycles. The number of methoxy groups -OCH3 is 2. The van der Waals surface area contributed by atoms with E-state index in [4.69, 9.17) is 9.47 Å². The van der Waals surface area contributed by atoms with E-state index in [0.29, 0.717) is 44.8 Å². The summed E-state index contributed by atoms with van der Waals surface area (Å²) in [6.45, 7) is 1.53. The molecule has 4 rings (SSSR count). The van der Waals surface area contributed by atoms with Crippen LogP contribution < -0.4 is 25.4 Å². The Morgan fingerprint density at radius 2 is 1.94 bits per heavy atom. The van der Waals surface area contributed by atoms with Crippen molar-refractivity contribution in [1.29, 1.82) is 0 Å². The largest absolute Gasteiger partial charge is 0.481 e. The summed E-state index contributed by atoms with van der Waals surface area (Å²) in [5.41, 5.74) is 0.897. The molecular formula is C24H28FN5O4. The van der Waals surface area contributed by atoms with E-state index in [1.165, 1.54) is 26.4 Å². The normalized spacial score (nSPS) is 15.0. The van der Waals surface area contributed by atoms with Crippen LogP contribution >= 0.6 is 0 Å². The zero-order valence-electron chi connectivity index (χ0n) is 19.2. The zero-order valence-corrected chi connectivity index (χ0v) is 19.2. The molecule has 10 heteroatoms. The zero-order chi connectivity index (χ0) is 24.1. The highest BCUT2D eigenvalue weighted by molar-refractivity contribution is 6.01. The topological polar surface area (TPSA) is 117 Å². The second-order valence-corrected chi connectivity index (χ2v) is 8.21. The molecule has 0 unspecified atom stereocenters. The summed E-state index contributed by atoms with van der Waals surface area (Å²) in [5, 5.41) is 9.91. The van der Waals surface area contributed by atoms with Gasteiger partial charge in [-0.2, -0.15) is 4.98 Å². The van der Waals surface area contributed by atoms with E-state index in [1.807, 2.05) is 6.20 Å². The first-order valence-electron chi connectivity index (χ1n) is 11.1. The average Bonchev–Trinajstić information content (AvgIpc) is 3.25. The Balaban J connectivity index is 1.46. The van der Waals surface area contributed by atoms with Gasteiger partial charge in [0.2, 0.25) is 17.7 Å². The fourth-order valence-corrected chi connectivity index (χ4v) is 4.25. The lowest BCUT2D eigenvalue weighted by atomic mass is 9.86. The van der Waals surface area contributed by atoms with Crippen LogP contribution in [0.15, 0.2) is 36.5 Å². The number of rotatable bonds is 8. The fourth-order valence-electron chi connectivity index (χ4n) is 4.25. The molecule has 0 spiro atoms. The maximum absolute atomic E-state index is 13.6. The molecule has 9 nitrogen and oxygen atoms in total. The Labute approximate surface area is 196 Å². The summed E-state index contributed by atoms with van der Waals surface area (Å²) in [6, 6.07) is 7.70. The number of carbonyl (C=O) groups is 2. The molecular weight excluding hydrogens is 441 g/mol. The molecule has 3 aromatic rings. The van der Waals surface area contributed by atoms with Gasteiger partial charge in [0.05, 0.1) is 14.2 Å². The first-order valence-corrected chi connectivity index (χ1v) is 11.1. The lowest BCUT2D eigenvalue weighted by Gasteiger charge is -2.37. The van der Waals surface area contributed by atoms with Gasteiger partial charge in [-0.3, -0.25) is 9.59 Å². The van der Waals surface area contributed by atoms with Crippen LogP contribution in [0.25, 0.3) is 10.9 Å². The SMILES string of the molecule is COc1ccc(C(=O)NC2(C(=O)NCCc3c[nH]c4ccc(F)cc34)CCNCC2)c(OC)n1. The van der Waals surface area contributed by atoms with E-state index in [0.717, 1.165) is 16.5 Å². The number of ether oxygens (including phenoxy) is 2. The predicted molar refractivity (Wildman–Crippen MR) is 125 cm³/mol. The van der Waals surface area contributed by atoms with E-state index in [2.05, 4.69) is 25.9 Å². The lowest BCUT2D eigenvalue weighted by molar-refractivity contribution is -0.128. The molecule has 34 heavy (non-hydrogen) atoms. The van der Waals surface area contributed by atoms with Gasteiger partial charge in [0.1, 0.15) is 16.9 Å². The van der Waals surface area contributed by atoms with Gasteiger partial charge >= 0.3 is 0 Å². The highest BCUT2D eigenvalue weighted by atomic mass is 19.1. The van der Waals surface area contributed by atoms with E-state index in [9.17, 15) is 14.0 Å². The number of nitrogens with one attached hydrogen (secondary N) is 4. The molecule has 0 atom stereocenters. The number of carbonyl (C=O) groups excluding carboxylic acids is 2. The Morgan fingerprint density at radius 3 is 2.68 bits per heavy atom. The second kappa shape index (κ2) is 10.1. The van der Waals surface area contributed by atoms with Crippen LogP contribution in [0.1, 0.15) is 28.8 Å². The van der Waals surface area contributed by atoms with Crippen molar-refractivity contribution in [3.05, 3.63) is 53.5 Å². The first kappa shape index (κ1) is 23.5. The number of amides is 2. The molecule has 0 bridgehead atoms. The Hall–Kier alpha value is -3.66. The van der Waals surface area contributed by atoms with Gasteiger partial charge in [0.15, 0.2) is 0 Å². The van der Waals surface area contributed by atoms with Crippen LogP contribution in [0.3, 0.4) is 0 Å². The third kappa shape index (κ3) is 4.81. The molecule has 2 aromatic heterocycles. The van der Waals surface area contributed by atoms with Crippen molar-refractivity contribution in [3.63, 3.8) is 0 Å². The van der Waals surface area contributed by atoms with Crippen molar-refractivity contribution < 1.29 is 23.5 Å². The summed E-state index contributed by atoms with van der Waals surface area (Å²) >= 11 is 0. The monoisotopic (exact) mass is 469 g/mol. The van der Waals surface area contributed by atoms with E-state index in [1.54, 1.807) is 18.2 Å². The van der Waals surface area contributed by atoms with Crippen molar-refractivity contribution in [2.45, 2.75) is 24.8 Å². The summed E-state index contributed by atoms with van der Waals surface area (Å²) in [4.78, 5) is 33.7. The molecule has 1 fully saturated rings. The quantitative estimate of drug-likeness (QED) is 0.401. The molecule has 1 aliphatic heterocycles. The highest BCUT2D eigenvalue weighted by Crippen LogP contribution is 2.24. The second-order valence-electron chi connectivity index (χ2n) is 8.21. The number of hydrogen-bond acceptors (Lipinski definition) is 6. The smallest absolute Gasteiger partial charge is 0.257 e. The van der Waals surface area contributed by atoms with Crippen LogP contribution in [0, 0.1) is 5.82 Å². The van der Waals surface area contributed by atoms with Crippen molar-refractivity contribution in [2.24, 2.45) is 0 Å². The maximum atomic E-state index is 13.6. The van der Waals surface area contributed by atoms with Crippen LogP contribution in [-0.2, 0) is 11.2 Å². The summed E-state index contributed by atoms with van der Waals surface area (Å²) < 4.78 is 24.0. The molecule has 4 N–H and O–H groups in total. The number of pyridine rings is 1. The van der Waals surface area contributed by atoms with Crippen molar-refractivity contribution in [1.82, 2.24) is 25.9 Å². The van der Waals surface area contributed by atoms with Crippen LogP contribution in [-0.4, -0.2) is 61.2 Å². The third-order valence-corrected chi connectivity index (χ3v) is 6.14. The molecule has 180 valence electrons.